The lowest BCUT2D eigenvalue weighted by atomic mass is 9.89. The van der Waals surface area contributed by atoms with Crippen LogP contribution >= 0.6 is 11.6 Å². The molecule has 0 fully saturated rings. The molecule has 122 valence electrons. The van der Waals surface area contributed by atoms with E-state index in [-0.39, 0.29) is 11.6 Å². The highest BCUT2D eigenvalue weighted by Gasteiger charge is 2.34. The Balaban J connectivity index is 3.02. The summed E-state index contributed by atoms with van der Waals surface area (Å²) in [5, 5.41) is 8.82. The molecule has 0 aliphatic rings. The van der Waals surface area contributed by atoms with Gasteiger partial charge in [0.05, 0.1) is 22.0 Å². The average molecular weight is 316 g/mol. The molecule has 0 aliphatic carbocycles. The van der Waals surface area contributed by atoms with Crippen molar-refractivity contribution in [2.75, 3.05) is 13.2 Å². The monoisotopic (exact) mass is 315 g/mol. The molecule has 1 N–H and O–H groups in total. The van der Waals surface area contributed by atoms with Gasteiger partial charge in [0.15, 0.2) is 0 Å². The second-order valence-electron chi connectivity index (χ2n) is 5.78. The minimum Gasteiger partial charge on any atom is -0.374 e. The number of hydrogen-bond donors (Lipinski definition) is 1. The van der Waals surface area contributed by atoms with Crippen LogP contribution in [0, 0.1) is 6.92 Å². The van der Waals surface area contributed by atoms with E-state index in [1.165, 1.54) is 0 Å². The molecule has 1 aromatic heterocycles. The summed E-state index contributed by atoms with van der Waals surface area (Å²) in [4.78, 5) is 0. The van der Waals surface area contributed by atoms with Gasteiger partial charge in [-0.3, -0.25) is 4.68 Å². The van der Waals surface area contributed by atoms with Crippen LogP contribution < -0.4 is 5.32 Å². The van der Waals surface area contributed by atoms with Crippen molar-refractivity contribution in [3.8, 4) is 0 Å². The molecule has 2 atom stereocenters. The van der Waals surface area contributed by atoms with Gasteiger partial charge in [-0.05, 0) is 40.2 Å². The normalized spacial score (nSPS) is 16.0. The molecule has 0 aliphatic heterocycles. The van der Waals surface area contributed by atoms with Crippen LogP contribution in [0.3, 0.4) is 0 Å². The Morgan fingerprint density at radius 3 is 2.48 bits per heavy atom. The predicted molar refractivity (Wildman–Crippen MR) is 89.1 cm³/mol. The summed E-state index contributed by atoms with van der Waals surface area (Å²) < 4.78 is 7.95. The van der Waals surface area contributed by atoms with E-state index < -0.39 is 0 Å². The zero-order chi connectivity index (χ0) is 16.0. The van der Waals surface area contributed by atoms with Crippen LogP contribution in [0.15, 0.2) is 0 Å². The summed E-state index contributed by atoms with van der Waals surface area (Å²) >= 11 is 6.41. The smallest absolute Gasteiger partial charge is 0.0847 e. The molecule has 0 saturated heterocycles. The van der Waals surface area contributed by atoms with Crippen molar-refractivity contribution in [2.45, 2.75) is 65.5 Å². The maximum atomic E-state index is 6.41. The SMILES string of the molecule is CCCNC(Cc1c(Cl)c(C)nn1C)C(C)(CC)OCC. The lowest BCUT2D eigenvalue weighted by molar-refractivity contribution is -0.0553. The highest BCUT2D eigenvalue weighted by Crippen LogP contribution is 2.27. The molecule has 1 rings (SSSR count). The first-order valence-electron chi connectivity index (χ1n) is 7.94. The Labute approximate surface area is 134 Å². The molecule has 0 aromatic carbocycles. The van der Waals surface area contributed by atoms with Crippen LogP contribution in [0.25, 0.3) is 0 Å². The molecular weight excluding hydrogens is 286 g/mol. The molecular formula is C16H30ClN3O. The van der Waals surface area contributed by atoms with Gasteiger partial charge in [0.25, 0.3) is 0 Å². The van der Waals surface area contributed by atoms with Crippen molar-refractivity contribution in [3.63, 3.8) is 0 Å². The summed E-state index contributed by atoms with van der Waals surface area (Å²) in [6, 6.07) is 0.217. The fourth-order valence-corrected chi connectivity index (χ4v) is 2.93. The van der Waals surface area contributed by atoms with Gasteiger partial charge in [-0.1, -0.05) is 25.4 Å². The van der Waals surface area contributed by atoms with Crippen molar-refractivity contribution in [1.29, 1.82) is 0 Å². The van der Waals surface area contributed by atoms with Crippen molar-refractivity contribution in [1.82, 2.24) is 15.1 Å². The van der Waals surface area contributed by atoms with Crippen molar-refractivity contribution in [2.24, 2.45) is 7.05 Å². The van der Waals surface area contributed by atoms with Crippen LogP contribution in [-0.2, 0) is 18.2 Å². The number of nitrogens with zero attached hydrogens (tertiary/aromatic N) is 2. The van der Waals surface area contributed by atoms with Gasteiger partial charge in [-0.2, -0.15) is 5.10 Å². The predicted octanol–water partition coefficient (Wildman–Crippen LogP) is 3.50. The Kier molecular flexibility index (Phi) is 7.17. The van der Waals surface area contributed by atoms with Gasteiger partial charge < -0.3 is 10.1 Å². The van der Waals surface area contributed by atoms with E-state index >= 15 is 0 Å². The third-order valence-electron chi connectivity index (χ3n) is 4.21. The molecule has 0 saturated carbocycles. The van der Waals surface area contributed by atoms with Gasteiger partial charge in [-0.15, -0.1) is 0 Å². The van der Waals surface area contributed by atoms with Crippen LogP contribution in [-0.4, -0.2) is 34.6 Å². The Bertz CT molecular complexity index is 447. The van der Waals surface area contributed by atoms with Crippen LogP contribution in [0.5, 0.6) is 0 Å². The van der Waals surface area contributed by atoms with Crippen LogP contribution in [0.2, 0.25) is 5.02 Å². The number of halogens is 1. The van der Waals surface area contributed by atoms with Crippen LogP contribution in [0.1, 0.15) is 51.9 Å². The second kappa shape index (κ2) is 8.16. The highest BCUT2D eigenvalue weighted by atomic mass is 35.5. The van der Waals surface area contributed by atoms with Crippen LogP contribution in [0.4, 0.5) is 0 Å². The molecule has 0 radical (unpaired) electrons. The topological polar surface area (TPSA) is 39.1 Å². The maximum absolute atomic E-state index is 6.41. The molecule has 2 unspecified atom stereocenters. The summed E-state index contributed by atoms with van der Waals surface area (Å²) in [6.45, 7) is 12.2. The number of aromatic nitrogens is 2. The summed E-state index contributed by atoms with van der Waals surface area (Å²) in [7, 11) is 1.95. The van der Waals surface area contributed by atoms with E-state index in [1.807, 2.05) is 25.6 Å². The molecule has 0 spiro atoms. The maximum Gasteiger partial charge on any atom is 0.0847 e. The van der Waals surface area contributed by atoms with E-state index in [1.54, 1.807) is 0 Å². The molecule has 5 heteroatoms. The fourth-order valence-electron chi connectivity index (χ4n) is 2.70. The quantitative estimate of drug-likeness (QED) is 0.758. The molecule has 4 nitrogen and oxygen atoms in total. The third kappa shape index (κ3) is 4.44. The molecule has 0 amide bonds. The molecule has 1 heterocycles. The Morgan fingerprint density at radius 1 is 1.38 bits per heavy atom. The summed E-state index contributed by atoms with van der Waals surface area (Å²) in [6.07, 6.45) is 2.87. The minimum atomic E-state index is -0.203. The van der Waals surface area contributed by atoms with E-state index in [0.717, 1.165) is 42.2 Å². The lowest BCUT2D eigenvalue weighted by Crippen LogP contribution is -2.52. The largest absolute Gasteiger partial charge is 0.374 e. The van der Waals surface area contributed by atoms with E-state index in [9.17, 15) is 0 Å². The van der Waals surface area contributed by atoms with Gasteiger partial charge in [-0.25, -0.2) is 0 Å². The molecule has 21 heavy (non-hydrogen) atoms. The first kappa shape index (κ1) is 18.5. The van der Waals surface area contributed by atoms with Crippen molar-refractivity contribution < 1.29 is 4.74 Å². The Morgan fingerprint density at radius 2 is 2.05 bits per heavy atom. The number of ether oxygens (including phenoxy) is 1. The number of hydrogen-bond acceptors (Lipinski definition) is 3. The zero-order valence-corrected chi connectivity index (χ0v) is 15.0. The number of rotatable bonds is 9. The average Bonchev–Trinajstić information content (AvgIpc) is 2.69. The standard InChI is InChI=1S/C16H30ClN3O/c1-7-10-18-14(16(5,8-2)21-9-3)11-13-15(17)12(4)19-20(13)6/h14,18H,7-11H2,1-6H3. The van der Waals surface area contributed by atoms with E-state index in [0.29, 0.717) is 6.61 Å². The van der Waals surface area contributed by atoms with Gasteiger partial charge in [0.1, 0.15) is 0 Å². The first-order chi connectivity index (χ1) is 9.89. The number of aryl methyl sites for hydroxylation is 2. The van der Waals surface area contributed by atoms with Gasteiger partial charge in [0.2, 0.25) is 0 Å². The van der Waals surface area contributed by atoms with Crippen molar-refractivity contribution >= 4 is 11.6 Å². The van der Waals surface area contributed by atoms with E-state index in [2.05, 4.69) is 31.2 Å². The first-order valence-corrected chi connectivity index (χ1v) is 8.32. The third-order valence-corrected chi connectivity index (χ3v) is 4.70. The van der Waals surface area contributed by atoms with Gasteiger partial charge in [0, 0.05) is 26.1 Å². The highest BCUT2D eigenvalue weighted by molar-refractivity contribution is 6.31. The summed E-state index contributed by atoms with van der Waals surface area (Å²) in [5.74, 6) is 0. The molecule has 0 bridgehead atoms. The molecule has 1 aromatic rings. The van der Waals surface area contributed by atoms with Gasteiger partial charge >= 0.3 is 0 Å². The summed E-state index contributed by atoms with van der Waals surface area (Å²) in [5.41, 5.74) is 1.76. The number of nitrogens with one attached hydrogen (secondary N) is 1. The van der Waals surface area contributed by atoms with E-state index in [4.69, 9.17) is 16.3 Å². The fraction of sp³-hybridized carbons (Fsp3) is 0.812. The Hall–Kier alpha value is -0.580. The zero-order valence-electron chi connectivity index (χ0n) is 14.3. The minimum absolute atomic E-state index is 0.203. The lowest BCUT2D eigenvalue weighted by Gasteiger charge is -2.37. The van der Waals surface area contributed by atoms with Crippen molar-refractivity contribution in [3.05, 3.63) is 16.4 Å². The second-order valence-corrected chi connectivity index (χ2v) is 6.16.